The van der Waals surface area contributed by atoms with Crippen molar-refractivity contribution in [1.82, 2.24) is 20.2 Å². The molecule has 1 heterocycles. The standard InChI is InChI=1S/C15H13BrN4/c16-11-14(12-7-3-1-4-8-12)20-15(17-18-19-20)13-9-5-2-6-10-13/h1-10,14H,11H2/t14-/m1/s1. The van der Waals surface area contributed by atoms with Crippen molar-refractivity contribution < 1.29 is 0 Å². The lowest BCUT2D eigenvalue weighted by atomic mass is 10.1. The van der Waals surface area contributed by atoms with Gasteiger partial charge in [-0.3, -0.25) is 0 Å². The minimum absolute atomic E-state index is 0.0707. The number of rotatable bonds is 4. The largest absolute Gasteiger partial charge is 0.217 e. The number of tetrazole rings is 1. The second kappa shape index (κ2) is 5.96. The lowest BCUT2D eigenvalue weighted by molar-refractivity contribution is 0.557. The predicted octanol–water partition coefficient (Wildman–Crippen LogP) is 3.32. The smallest absolute Gasteiger partial charge is 0.182 e. The lowest BCUT2D eigenvalue weighted by Crippen LogP contribution is -2.15. The molecule has 5 heteroatoms. The van der Waals surface area contributed by atoms with Crippen LogP contribution in [-0.4, -0.2) is 25.5 Å². The molecule has 20 heavy (non-hydrogen) atoms. The highest BCUT2D eigenvalue weighted by atomic mass is 79.9. The first-order valence-electron chi connectivity index (χ1n) is 6.34. The van der Waals surface area contributed by atoms with Crippen LogP contribution in [0, 0.1) is 0 Å². The highest BCUT2D eigenvalue weighted by molar-refractivity contribution is 9.09. The Labute approximate surface area is 125 Å². The summed E-state index contributed by atoms with van der Waals surface area (Å²) < 4.78 is 1.86. The molecule has 0 bridgehead atoms. The van der Waals surface area contributed by atoms with Crippen LogP contribution >= 0.6 is 15.9 Å². The van der Waals surface area contributed by atoms with E-state index in [1.165, 1.54) is 5.56 Å². The molecular weight excluding hydrogens is 316 g/mol. The van der Waals surface area contributed by atoms with E-state index in [0.717, 1.165) is 16.7 Å². The van der Waals surface area contributed by atoms with Gasteiger partial charge in [0.05, 0.1) is 6.04 Å². The molecule has 0 spiro atoms. The molecule has 0 radical (unpaired) electrons. The molecule has 0 fully saturated rings. The van der Waals surface area contributed by atoms with Gasteiger partial charge in [-0.15, -0.1) is 5.10 Å². The molecule has 1 aromatic heterocycles. The topological polar surface area (TPSA) is 43.6 Å². The Balaban J connectivity index is 2.04. The number of alkyl halides is 1. The van der Waals surface area contributed by atoms with E-state index in [-0.39, 0.29) is 6.04 Å². The molecule has 0 aliphatic rings. The summed E-state index contributed by atoms with van der Waals surface area (Å²) in [7, 11) is 0. The van der Waals surface area contributed by atoms with Gasteiger partial charge in [0.1, 0.15) is 0 Å². The van der Waals surface area contributed by atoms with E-state index in [2.05, 4.69) is 43.6 Å². The van der Waals surface area contributed by atoms with E-state index >= 15 is 0 Å². The lowest BCUT2D eigenvalue weighted by Gasteiger charge is -2.16. The van der Waals surface area contributed by atoms with Gasteiger partial charge in [0, 0.05) is 10.9 Å². The van der Waals surface area contributed by atoms with Crippen LogP contribution in [0.2, 0.25) is 0 Å². The van der Waals surface area contributed by atoms with Gasteiger partial charge in [-0.05, 0) is 16.0 Å². The van der Waals surface area contributed by atoms with Crippen LogP contribution < -0.4 is 0 Å². The average molecular weight is 329 g/mol. The maximum Gasteiger partial charge on any atom is 0.182 e. The van der Waals surface area contributed by atoms with Crippen LogP contribution in [0.15, 0.2) is 60.7 Å². The summed E-state index contributed by atoms with van der Waals surface area (Å²) in [5, 5.41) is 12.9. The Bertz CT molecular complexity index is 667. The molecule has 0 saturated heterocycles. The van der Waals surface area contributed by atoms with Crippen molar-refractivity contribution in [3.05, 3.63) is 66.2 Å². The zero-order valence-electron chi connectivity index (χ0n) is 10.7. The molecular formula is C15H13BrN4. The van der Waals surface area contributed by atoms with Crippen LogP contribution in [-0.2, 0) is 0 Å². The van der Waals surface area contributed by atoms with E-state index in [1.807, 2.05) is 53.2 Å². The summed E-state index contributed by atoms with van der Waals surface area (Å²) in [6, 6.07) is 20.3. The van der Waals surface area contributed by atoms with Gasteiger partial charge in [-0.25, -0.2) is 4.68 Å². The fourth-order valence-electron chi connectivity index (χ4n) is 2.15. The van der Waals surface area contributed by atoms with Crippen molar-refractivity contribution >= 4 is 15.9 Å². The maximum atomic E-state index is 4.17. The highest BCUT2D eigenvalue weighted by Crippen LogP contribution is 2.25. The molecule has 100 valence electrons. The van der Waals surface area contributed by atoms with Gasteiger partial charge in [0.25, 0.3) is 0 Å². The molecule has 0 aliphatic heterocycles. The third kappa shape index (κ3) is 2.49. The van der Waals surface area contributed by atoms with Crippen molar-refractivity contribution in [3.63, 3.8) is 0 Å². The fraction of sp³-hybridized carbons (Fsp3) is 0.133. The summed E-state index contributed by atoms with van der Waals surface area (Å²) >= 11 is 3.56. The number of halogens is 1. The molecule has 1 atom stereocenters. The first-order valence-corrected chi connectivity index (χ1v) is 7.46. The van der Waals surface area contributed by atoms with Gasteiger partial charge >= 0.3 is 0 Å². The molecule has 0 amide bonds. The fourth-order valence-corrected chi connectivity index (χ4v) is 2.80. The third-order valence-electron chi connectivity index (χ3n) is 3.15. The first-order chi connectivity index (χ1) is 9.90. The van der Waals surface area contributed by atoms with Crippen LogP contribution in [0.3, 0.4) is 0 Å². The zero-order valence-corrected chi connectivity index (χ0v) is 12.3. The van der Waals surface area contributed by atoms with E-state index in [9.17, 15) is 0 Å². The van der Waals surface area contributed by atoms with E-state index in [1.54, 1.807) is 0 Å². The molecule has 0 aliphatic carbocycles. The molecule has 3 aromatic rings. The Morgan fingerprint density at radius 3 is 2.25 bits per heavy atom. The van der Waals surface area contributed by atoms with Gasteiger partial charge in [0.2, 0.25) is 0 Å². The minimum Gasteiger partial charge on any atom is -0.217 e. The quantitative estimate of drug-likeness (QED) is 0.690. The van der Waals surface area contributed by atoms with Crippen molar-refractivity contribution in [2.24, 2.45) is 0 Å². The summed E-state index contributed by atoms with van der Waals surface area (Å²) in [6.07, 6.45) is 0. The van der Waals surface area contributed by atoms with Gasteiger partial charge < -0.3 is 0 Å². The van der Waals surface area contributed by atoms with Gasteiger partial charge in [-0.2, -0.15) is 0 Å². The summed E-state index contributed by atoms with van der Waals surface area (Å²) in [5.74, 6) is 0.777. The SMILES string of the molecule is BrC[C@H](c1ccccc1)n1nnnc1-c1ccccc1. The summed E-state index contributed by atoms with van der Waals surface area (Å²) in [5.41, 5.74) is 2.19. The van der Waals surface area contributed by atoms with Crippen LogP contribution in [0.4, 0.5) is 0 Å². The van der Waals surface area contributed by atoms with Crippen molar-refractivity contribution in [1.29, 1.82) is 0 Å². The number of benzene rings is 2. The number of aromatic nitrogens is 4. The predicted molar refractivity (Wildman–Crippen MR) is 81.6 cm³/mol. The van der Waals surface area contributed by atoms with Gasteiger partial charge in [0.15, 0.2) is 5.82 Å². The Hall–Kier alpha value is -2.01. The Kier molecular flexibility index (Phi) is 3.87. The number of hydrogen-bond acceptors (Lipinski definition) is 3. The van der Waals surface area contributed by atoms with Crippen LogP contribution in [0.5, 0.6) is 0 Å². The third-order valence-corrected chi connectivity index (χ3v) is 3.76. The summed E-state index contributed by atoms with van der Waals surface area (Å²) in [6.45, 7) is 0. The molecule has 3 rings (SSSR count). The molecule has 0 N–H and O–H groups in total. The molecule has 2 aromatic carbocycles. The van der Waals surface area contributed by atoms with E-state index < -0.39 is 0 Å². The normalized spacial score (nSPS) is 12.2. The Morgan fingerprint density at radius 1 is 0.950 bits per heavy atom. The maximum absolute atomic E-state index is 4.17. The minimum atomic E-state index is 0.0707. The second-order valence-corrected chi connectivity index (χ2v) is 5.04. The van der Waals surface area contributed by atoms with Gasteiger partial charge in [-0.1, -0.05) is 76.6 Å². The van der Waals surface area contributed by atoms with E-state index in [4.69, 9.17) is 0 Å². The average Bonchev–Trinajstić information content (AvgIpc) is 2.99. The monoisotopic (exact) mass is 328 g/mol. The number of hydrogen-bond donors (Lipinski definition) is 0. The van der Waals surface area contributed by atoms with Crippen molar-refractivity contribution in [3.8, 4) is 11.4 Å². The second-order valence-electron chi connectivity index (χ2n) is 4.39. The zero-order chi connectivity index (χ0) is 13.8. The molecule has 0 saturated carbocycles. The summed E-state index contributed by atoms with van der Waals surface area (Å²) in [4.78, 5) is 0. The molecule has 0 unspecified atom stereocenters. The number of nitrogens with zero attached hydrogens (tertiary/aromatic N) is 4. The van der Waals surface area contributed by atoms with Crippen molar-refractivity contribution in [2.45, 2.75) is 6.04 Å². The van der Waals surface area contributed by atoms with Crippen molar-refractivity contribution in [2.75, 3.05) is 5.33 Å². The molecule has 4 nitrogen and oxygen atoms in total. The van der Waals surface area contributed by atoms with Crippen LogP contribution in [0.25, 0.3) is 11.4 Å². The Morgan fingerprint density at radius 2 is 1.60 bits per heavy atom. The highest BCUT2D eigenvalue weighted by Gasteiger charge is 2.18. The van der Waals surface area contributed by atoms with E-state index in [0.29, 0.717) is 0 Å². The first kappa shape index (κ1) is 13.0. The van der Waals surface area contributed by atoms with Crippen LogP contribution in [0.1, 0.15) is 11.6 Å².